The van der Waals surface area contributed by atoms with E-state index in [1.54, 1.807) is 12.4 Å². The number of thiazole rings is 1. The molecule has 7 heteroatoms. The van der Waals surface area contributed by atoms with E-state index in [1.807, 2.05) is 6.92 Å². The number of nitrogens with one attached hydrogen (secondary N) is 1. The molecule has 2 rings (SSSR count). The topological polar surface area (TPSA) is 85.8 Å². The third-order valence-electron chi connectivity index (χ3n) is 2.05. The number of anilines is 2. The van der Waals surface area contributed by atoms with Gasteiger partial charge in [-0.05, 0) is 6.92 Å². The fourth-order valence-electron chi connectivity index (χ4n) is 1.25. The molecule has 0 fully saturated rings. The van der Waals surface area contributed by atoms with Gasteiger partial charge in [0.25, 0.3) is 5.91 Å². The zero-order valence-corrected chi connectivity index (χ0v) is 9.71. The standard InChI is InChI=1S/C9H11N5OS/c1-5-12-7(4-16-5)9(15)13-8-6(10)3-11-14(8)2/h3-4H,10H2,1-2H3,(H,13,15). The van der Waals surface area contributed by atoms with Crippen molar-refractivity contribution < 1.29 is 4.79 Å². The number of hydrogen-bond acceptors (Lipinski definition) is 5. The van der Waals surface area contributed by atoms with Crippen LogP contribution in [0.3, 0.4) is 0 Å². The van der Waals surface area contributed by atoms with Crippen LogP contribution in [0, 0.1) is 6.92 Å². The molecule has 2 heterocycles. The lowest BCUT2D eigenvalue weighted by Crippen LogP contribution is -2.16. The highest BCUT2D eigenvalue weighted by molar-refractivity contribution is 7.09. The summed E-state index contributed by atoms with van der Waals surface area (Å²) in [5, 5.41) is 9.15. The first-order valence-corrected chi connectivity index (χ1v) is 5.47. The van der Waals surface area contributed by atoms with Crippen LogP contribution in [0.15, 0.2) is 11.6 Å². The van der Waals surface area contributed by atoms with Crippen LogP contribution < -0.4 is 11.1 Å². The summed E-state index contributed by atoms with van der Waals surface area (Å²) in [6, 6.07) is 0. The minimum Gasteiger partial charge on any atom is -0.394 e. The first kappa shape index (κ1) is 10.6. The van der Waals surface area contributed by atoms with Gasteiger partial charge in [-0.15, -0.1) is 11.3 Å². The number of nitrogen functional groups attached to an aromatic ring is 1. The summed E-state index contributed by atoms with van der Waals surface area (Å²) in [5.41, 5.74) is 6.48. The van der Waals surface area contributed by atoms with Crippen molar-refractivity contribution in [2.45, 2.75) is 6.92 Å². The number of rotatable bonds is 2. The van der Waals surface area contributed by atoms with Crippen LogP contribution in [0.2, 0.25) is 0 Å². The van der Waals surface area contributed by atoms with Crippen LogP contribution in [0.4, 0.5) is 11.5 Å². The summed E-state index contributed by atoms with van der Waals surface area (Å²) in [5.74, 6) is 0.204. The highest BCUT2D eigenvalue weighted by Gasteiger charge is 2.13. The lowest BCUT2D eigenvalue weighted by atomic mass is 10.4. The normalized spacial score (nSPS) is 10.4. The highest BCUT2D eigenvalue weighted by atomic mass is 32.1. The maximum Gasteiger partial charge on any atom is 0.276 e. The second kappa shape index (κ2) is 3.93. The number of nitrogens with two attached hydrogens (primary N) is 1. The van der Waals surface area contributed by atoms with E-state index in [2.05, 4.69) is 15.4 Å². The molecule has 0 saturated heterocycles. The maximum atomic E-state index is 11.8. The molecule has 0 aliphatic rings. The summed E-state index contributed by atoms with van der Waals surface area (Å²) in [6.45, 7) is 1.85. The van der Waals surface area contributed by atoms with Crippen molar-refractivity contribution in [1.29, 1.82) is 0 Å². The first-order chi connectivity index (χ1) is 7.58. The van der Waals surface area contributed by atoms with Crippen molar-refractivity contribution in [1.82, 2.24) is 14.8 Å². The molecule has 1 amide bonds. The quantitative estimate of drug-likeness (QED) is 0.816. The molecule has 0 atom stereocenters. The molecule has 0 bridgehead atoms. The molecule has 84 valence electrons. The van der Waals surface area contributed by atoms with Gasteiger partial charge in [0.2, 0.25) is 0 Å². The molecule has 2 aromatic heterocycles. The summed E-state index contributed by atoms with van der Waals surface area (Å²) in [4.78, 5) is 15.9. The Morgan fingerprint density at radius 3 is 2.88 bits per heavy atom. The molecular formula is C9H11N5OS. The smallest absolute Gasteiger partial charge is 0.276 e. The summed E-state index contributed by atoms with van der Waals surface area (Å²) in [6.07, 6.45) is 1.49. The Morgan fingerprint density at radius 1 is 1.62 bits per heavy atom. The van der Waals surface area contributed by atoms with Crippen molar-refractivity contribution >= 4 is 28.7 Å². The van der Waals surface area contributed by atoms with Crippen molar-refractivity contribution in [2.24, 2.45) is 7.05 Å². The van der Waals surface area contributed by atoms with E-state index < -0.39 is 0 Å². The van der Waals surface area contributed by atoms with Gasteiger partial charge in [-0.3, -0.25) is 9.48 Å². The van der Waals surface area contributed by atoms with Gasteiger partial charge in [0.1, 0.15) is 5.69 Å². The van der Waals surface area contributed by atoms with Gasteiger partial charge in [-0.25, -0.2) is 4.98 Å². The van der Waals surface area contributed by atoms with Crippen molar-refractivity contribution in [3.63, 3.8) is 0 Å². The number of nitrogens with zero attached hydrogens (tertiary/aromatic N) is 3. The van der Waals surface area contributed by atoms with Crippen LogP contribution in [0.25, 0.3) is 0 Å². The Morgan fingerprint density at radius 2 is 2.38 bits per heavy atom. The molecule has 0 aliphatic carbocycles. The second-order valence-corrected chi connectivity index (χ2v) is 4.34. The molecule has 16 heavy (non-hydrogen) atoms. The van der Waals surface area contributed by atoms with Gasteiger partial charge >= 0.3 is 0 Å². The minimum atomic E-state index is -0.278. The lowest BCUT2D eigenvalue weighted by Gasteiger charge is -2.04. The van der Waals surface area contributed by atoms with Crippen molar-refractivity contribution in [3.05, 3.63) is 22.3 Å². The number of aromatic nitrogens is 3. The first-order valence-electron chi connectivity index (χ1n) is 4.59. The number of amides is 1. The molecule has 0 radical (unpaired) electrons. The van der Waals surface area contributed by atoms with Crippen LogP contribution in [0.5, 0.6) is 0 Å². The number of carbonyl (C=O) groups is 1. The predicted molar refractivity (Wildman–Crippen MR) is 62.4 cm³/mol. The number of aryl methyl sites for hydroxylation is 2. The largest absolute Gasteiger partial charge is 0.394 e. The second-order valence-electron chi connectivity index (χ2n) is 3.28. The van der Waals surface area contributed by atoms with E-state index in [9.17, 15) is 4.79 Å². The Kier molecular flexibility index (Phi) is 2.61. The van der Waals surface area contributed by atoms with E-state index in [1.165, 1.54) is 22.2 Å². The molecule has 0 aromatic carbocycles. The van der Waals surface area contributed by atoms with Gasteiger partial charge in [0.15, 0.2) is 5.82 Å². The number of carbonyl (C=O) groups excluding carboxylic acids is 1. The van der Waals surface area contributed by atoms with E-state index in [0.29, 0.717) is 17.2 Å². The van der Waals surface area contributed by atoms with Gasteiger partial charge in [0, 0.05) is 12.4 Å². The van der Waals surface area contributed by atoms with E-state index in [4.69, 9.17) is 5.73 Å². The molecule has 0 aliphatic heterocycles. The van der Waals surface area contributed by atoms with Gasteiger partial charge in [0.05, 0.1) is 16.9 Å². The number of hydrogen-bond donors (Lipinski definition) is 2. The highest BCUT2D eigenvalue weighted by Crippen LogP contribution is 2.17. The lowest BCUT2D eigenvalue weighted by molar-refractivity contribution is 0.102. The van der Waals surface area contributed by atoms with Crippen molar-refractivity contribution in [3.8, 4) is 0 Å². The van der Waals surface area contributed by atoms with Crippen LogP contribution in [0.1, 0.15) is 15.5 Å². The Bertz CT molecular complexity index is 510. The summed E-state index contributed by atoms with van der Waals surface area (Å²) >= 11 is 1.43. The SMILES string of the molecule is Cc1nc(C(=O)Nc2c(N)cnn2C)cs1. The van der Waals surface area contributed by atoms with E-state index >= 15 is 0 Å². The minimum absolute atomic E-state index is 0.278. The molecule has 0 unspecified atom stereocenters. The zero-order valence-electron chi connectivity index (χ0n) is 8.89. The van der Waals surface area contributed by atoms with Gasteiger partial charge in [-0.1, -0.05) is 0 Å². The van der Waals surface area contributed by atoms with Gasteiger partial charge in [-0.2, -0.15) is 5.10 Å². The van der Waals surface area contributed by atoms with Crippen molar-refractivity contribution in [2.75, 3.05) is 11.1 Å². The molecule has 0 spiro atoms. The zero-order chi connectivity index (χ0) is 11.7. The predicted octanol–water partition coefficient (Wildman–Crippen LogP) is 1.02. The Hall–Kier alpha value is -1.89. The molecule has 3 N–H and O–H groups in total. The van der Waals surface area contributed by atoms with Crippen LogP contribution in [-0.4, -0.2) is 20.7 Å². The maximum absolute atomic E-state index is 11.8. The molecule has 6 nitrogen and oxygen atoms in total. The Balaban J connectivity index is 2.20. The fourth-order valence-corrected chi connectivity index (χ4v) is 1.84. The monoisotopic (exact) mass is 237 g/mol. The molecule has 2 aromatic rings. The van der Waals surface area contributed by atoms with Crippen LogP contribution >= 0.6 is 11.3 Å². The molecule has 0 saturated carbocycles. The Labute approximate surface area is 96.1 Å². The average molecular weight is 237 g/mol. The third-order valence-corrected chi connectivity index (χ3v) is 2.82. The van der Waals surface area contributed by atoms with E-state index in [0.717, 1.165) is 5.01 Å². The van der Waals surface area contributed by atoms with Gasteiger partial charge < -0.3 is 11.1 Å². The molecular weight excluding hydrogens is 226 g/mol. The summed E-state index contributed by atoms with van der Waals surface area (Å²) < 4.78 is 1.51. The van der Waals surface area contributed by atoms with E-state index in [-0.39, 0.29) is 5.91 Å². The van der Waals surface area contributed by atoms with Crippen LogP contribution in [-0.2, 0) is 7.05 Å². The third kappa shape index (κ3) is 1.89. The summed E-state index contributed by atoms with van der Waals surface area (Å²) in [7, 11) is 1.71. The average Bonchev–Trinajstić information content (AvgIpc) is 2.79. The fraction of sp³-hybridized carbons (Fsp3) is 0.222.